The van der Waals surface area contributed by atoms with Crippen LogP contribution in [0.15, 0.2) is 19.0 Å². The molecule has 1 atom stereocenters. The van der Waals surface area contributed by atoms with Gasteiger partial charge in [0.1, 0.15) is 18.6 Å². The number of aromatic nitrogens is 2. The molecular weight excluding hydrogens is 314 g/mol. The van der Waals surface area contributed by atoms with E-state index in [0.717, 1.165) is 68.0 Å². The highest BCUT2D eigenvalue weighted by atomic mass is 16.2. The van der Waals surface area contributed by atoms with Crippen molar-refractivity contribution in [2.45, 2.75) is 37.6 Å². The predicted molar refractivity (Wildman–Crippen MR) is 95.5 cm³/mol. The molecule has 1 aromatic heterocycles. The Morgan fingerprint density at radius 2 is 2.08 bits per heavy atom. The van der Waals surface area contributed by atoms with Crippen molar-refractivity contribution < 1.29 is 4.79 Å². The summed E-state index contributed by atoms with van der Waals surface area (Å²) in [6.07, 6.45) is 9.58. The number of fused-ring (bicyclic) bond motifs is 1. The molecule has 0 bridgehead atoms. The number of hydrogen-bond donors (Lipinski definition) is 0. The summed E-state index contributed by atoms with van der Waals surface area (Å²) in [5.74, 6) is 0.890. The van der Waals surface area contributed by atoms with Crippen LogP contribution in [0.25, 0.3) is 11.6 Å². The Hall–Kier alpha value is -2.68. The van der Waals surface area contributed by atoms with E-state index in [1.807, 2.05) is 23.1 Å². The maximum atomic E-state index is 12.4. The third-order valence-electron chi connectivity index (χ3n) is 5.60. The Morgan fingerprint density at radius 1 is 1.28 bits per heavy atom. The zero-order chi connectivity index (χ0) is 17.4. The fraction of sp³-hybridized carbons (Fsp3) is 0.474. The van der Waals surface area contributed by atoms with Crippen molar-refractivity contribution in [3.8, 4) is 6.07 Å². The third-order valence-corrected chi connectivity index (χ3v) is 5.60. The fourth-order valence-electron chi connectivity index (χ4n) is 4.52. The SMILES string of the molecule is C=C1C=Cc2c1ncnc2N1CCC[C@@]2(CCCN2C(=O)CC#N)C1. The van der Waals surface area contributed by atoms with Crippen LogP contribution in [0.5, 0.6) is 0 Å². The zero-order valence-corrected chi connectivity index (χ0v) is 14.2. The summed E-state index contributed by atoms with van der Waals surface area (Å²) in [5.41, 5.74) is 2.67. The average Bonchev–Trinajstić information content (AvgIpc) is 3.19. The van der Waals surface area contributed by atoms with Gasteiger partial charge in [0.25, 0.3) is 0 Å². The maximum absolute atomic E-state index is 12.4. The Kier molecular flexibility index (Phi) is 3.79. The molecule has 1 aromatic rings. The van der Waals surface area contributed by atoms with E-state index in [0.29, 0.717) is 0 Å². The maximum Gasteiger partial charge on any atom is 0.237 e. The molecular formula is C19H21N5O. The second-order valence-electron chi connectivity index (χ2n) is 7.05. The van der Waals surface area contributed by atoms with E-state index >= 15 is 0 Å². The Bertz CT molecular complexity index is 809. The minimum Gasteiger partial charge on any atom is -0.354 e. The molecule has 1 amide bonds. The van der Waals surface area contributed by atoms with Gasteiger partial charge in [0.2, 0.25) is 5.91 Å². The summed E-state index contributed by atoms with van der Waals surface area (Å²) >= 11 is 0. The van der Waals surface area contributed by atoms with Crippen molar-refractivity contribution >= 4 is 23.4 Å². The normalized spacial score (nSPS) is 24.7. The highest BCUT2D eigenvalue weighted by Crippen LogP contribution is 2.40. The number of likely N-dealkylation sites (tertiary alicyclic amines) is 1. The van der Waals surface area contributed by atoms with Gasteiger partial charge in [0.15, 0.2) is 0 Å². The van der Waals surface area contributed by atoms with Gasteiger partial charge in [-0.25, -0.2) is 9.97 Å². The first kappa shape index (κ1) is 15.8. The molecule has 2 aliphatic heterocycles. The molecule has 0 aromatic carbocycles. The molecule has 128 valence electrons. The number of nitrogens with zero attached hydrogens (tertiary/aromatic N) is 5. The van der Waals surface area contributed by atoms with Crippen molar-refractivity contribution in [3.63, 3.8) is 0 Å². The Morgan fingerprint density at radius 3 is 2.88 bits per heavy atom. The van der Waals surface area contributed by atoms with Gasteiger partial charge in [-0.15, -0.1) is 0 Å². The lowest BCUT2D eigenvalue weighted by Crippen LogP contribution is -2.57. The number of carbonyl (C=O) groups is 1. The molecule has 25 heavy (non-hydrogen) atoms. The molecule has 1 aliphatic carbocycles. The lowest BCUT2D eigenvalue weighted by molar-refractivity contribution is -0.134. The monoisotopic (exact) mass is 335 g/mol. The zero-order valence-electron chi connectivity index (χ0n) is 14.2. The average molecular weight is 335 g/mol. The van der Waals surface area contributed by atoms with Gasteiger partial charge in [-0.3, -0.25) is 4.79 Å². The number of nitriles is 1. The van der Waals surface area contributed by atoms with E-state index in [9.17, 15) is 4.79 Å². The van der Waals surface area contributed by atoms with E-state index in [4.69, 9.17) is 5.26 Å². The summed E-state index contributed by atoms with van der Waals surface area (Å²) < 4.78 is 0. The van der Waals surface area contributed by atoms with Gasteiger partial charge in [-0.2, -0.15) is 5.26 Å². The third kappa shape index (κ3) is 2.51. The summed E-state index contributed by atoms with van der Waals surface area (Å²) in [7, 11) is 0. The van der Waals surface area contributed by atoms with E-state index in [-0.39, 0.29) is 17.9 Å². The van der Waals surface area contributed by atoms with Gasteiger partial charge < -0.3 is 9.80 Å². The molecule has 6 nitrogen and oxygen atoms in total. The van der Waals surface area contributed by atoms with Gasteiger partial charge in [-0.1, -0.05) is 12.7 Å². The Balaban J connectivity index is 1.64. The van der Waals surface area contributed by atoms with E-state index in [1.165, 1.54) is 0 Å². The van der Waals surface area contributed by atoms with Crippen LogP contribution >= 0.6 is 0 Å². The molecule has 2 saturated heterocycles. The van der Waals surface area contributed by atoms with Crippen LogP contribution in [0.2, 0.25) is 0 Å². The highest BCUT2D eigenvalue weighted by Gasteiger charge is 2.46. The standard InChI is InChI=1S/C19H21N5O/c1-14-4-5-15-17(14)21-13-22-18(15)23-10-2-7-19(12-23)8-3-11-24(19)16(25)6-9-20/h4-5,13H,1-3,6-8,10-12H2/t19-/m1/s1. The number of piperidine rings is 1. The van der Waals surface area contributed by atoms with Crippen molar-refractivity contribution in [2.75, 3.05) is 24.5 Å². The lowest BCUT2D eigenvalue weighted by atomic mass is 9.86. The summed E-state index contributed by atoms with van der Waals surface area (Å²) in [4.78, 5) is 25.6. The van der Waals surface area contributed by atoms with Crippen LogP contribution in [0.1, 0.15) is 43.4 Å². The van der Waals surface area contributed by atoms with Crippen LogP contribution in [0.3, 0.4) is 0 Å². The molecule has 3 heterocycles. The topological polar surface area (TPSA) is 73.1 Å². The van der Waals surface area contributed by atoms with Crippen molar-refractivity contribution in [2.24, 2.45) is 0 Å². The minimum atomic E-state index is -0.163. The van der Waals surface area contributed by atoms with Gasteiger partial charge >= 0.3 is 0 Å². The van der Waals surface area contributed by atoms with Gasteiger partial charge in [0.05, 0.1) is 17.3 Å². The van der Waals surface area contributed by atoms with Crippen LogP contribution in [0.4, 0.5) is 5.82 Å². The number of carbonyl (C=O) groups excluding carboxylic acids is 1. The summed E-state index contributed by atoms with van der Waals surface area (Å²) in [6.45, 7) is 6.48. The smallest absolute Gasteiger partial charge is 0.237 e. The molecule has 1 spiro atoms. The van der Waals surface area contributed by atoms with Crippen LogP contribution < -0.4 is 4.90 Å². The molecule has 0 N–H and O–H groups in total. The first-order chi connectivity index (χ1) is 12.1. The van der Waals surface area contributed by atoms with E-state index in [2.05, 4.69) is 21.4 Å². The number of amides is 1. The molecule has 3 aliphatic rings. The molecule has 0 radical (unpaired) electrons. The van der Waals surface area contributed by atoms with Crippen LogP contribution in [-0.2, 0) is 4.79 Å². The van der Waals surface area contributed by atoms with Crippen molar-refractivity contribution in [1.82, 2.24) is 14.9 Å². The molecule has 6 heteroatoms. The number of hydrogen-bond acceptors (Lipinski definition) is 5. The second-order valence-corrected chi connectivity index (χ2v) is 7.05. The van der Waals surface area contributed by atoms with Crippen molar-refractivity contribution in [1.29, 1.82) is 5.26 Å². The van der Waals surface area contributed by atoms with Gasteiger partial charge in [0, 0.05) is 25.2 Å². The molecule has 2 fully saturated rings. The Labute approximate surface area is 147 Å². The predicted octanol–water partition coefficient (Wildman–Crippen LogP) is 2.39. The molecule has 0 saturated carbocycles. The second kappa shape index (κ2) is 5.99. The first-order valence-electron chi connectivity index (χ1n) is 8.79. The summed E-state index contributed by atoms with van der Waals surface area (Å²) in [6, 6.07) is 2.00. The van der Waals surface area contributed by atoms with Crippen LogP contribution in [-0.4, -0.2) is 45.9 Å². The molecule has 4 rings (SSSR count). The van der Waals surface area contributed by atoms with Crippen LogP contribution in [0, 0.1) is 11.3 Å². The lowest BCUT2D eigenvalue weighted by Gasteiger charge is -2.46. The highest BCUT2D eigenvalue weighted by molar-refractivity contribution is 5.90. The summed E-state index contributed by atoms with van der Waals surface area (Å²) in [5, 5.41) is 8.90. The number of anilines is 1. The van der Waals surface area contributed by atoms with E-state index in [1.54, 1.807) is 6.33 Å². The number of rotatable bonds is 2. The molecule has 0 unspecified atom stereocenters. The van der Waals surface area contributed by atoms with Gasteiger partial charge in [-0.05, 0) is 37.3 Å². The largest absolute Gasteiger partial charge is 0.354 e. The fourth-order valence-corrected chi connectivity index (χ4v) is 4.52. The first-order valence-corrected chi connectivity index (χ1v) is 8.79. The quantitative estimate of drug-likeness (QED) is 0.830. The van der Waals surface area contributed by atoms with Crippen molar-refractivity contribution in [3.05, 3.63) is 30.2 Å². The number of allylic oxidation sites excluding steroid dienone is 2. The minimum absolute atomic E-state index is 0.0345. The van der Waals surface area contributed by atoms with E-state index < -0.39 is 0 Å².